The molecular weight excluding hydrogens is 220 g/mol. The molecule has 0 bridgehead atoms. The van der Waals surface area contributed by atoms with Crippen molar-refractivity contribution < 1.29 is 9.47 Å². The third kappa shape index (κ3) is 3.97. The molecular formula is C11H20N4O2. The second-order valence-electron chi connectivity index (χ2n) is 3.70. The molecule has 0 aromatic carbocycles. The van der Waals surface area contributed by atoms with Crippen LogP contribution in [0.25, 0.3) is 0 Å². The van der Waals surface area contributed by atoms with Gasteiger partial charge in [-0.3, -0.25) is 0 Å². The van der Waals surface area contributed by atoms with Crippen molar-refractivity contribution in [2.45, 2.75) is 33.1 Å². The highest BCUT2D eigenvalue weighted by Crippen LogP contribution is 2.12. The van der Waals surface area contributed by atoms with Gasteiger partial charge in [-0.2, -0.15) is 0 Å². The Bertz CT molecular complexity index is 358. The Hall–Kier alpha value is -1.72. The van der Waals surface area contributed by atoms with Gasteiger partial charge in [0.05, 0.1) is 12.7 Å². The van der Waals surface area contributed by atoms with E-state index >= 15 is 0 Å². The van der Waals surface area contributed by atoms with E-state index in [-0.39, 0.29) is 5.95 Å². The van der Waals surface area contributed by atoms with Crippen molar-refractivity contribution in [2.24, 2.45) is 0 Å². The number of nitrogen functional groups attached to an aromatic ring is 1. The van der Waals surface area contributed by atoms with E-state index in [9.17, 15) is 5.21 Å². The van der Waals surface area contributed by atoms with Gasteiger partial charge in [0.25, 0.3) is 5.88 Å². The Labute approximate surface area is 101 Å². The summed E-state index contributed by atoms with van der Waals surface area (Å²) in [6.45, 7) is 5.21. The summed E-state index contributed by atoms with van der Waals surface area (Å²) in [7, 11) is 0. The zero-order valence-corrected chi connectivity index (χ0v) is 10.4. The summed E-state index contributed by atoms with van der Waals surface area (Å²) in [5.41, 5.74) is 5.50. The van der Waals surface area contributed by atoms with Gasteiger partial charge in [-0.15, -0.1) is 0 Å². The number of aromatic nitrogens is 2. The minimum atomic E-state index is -0.103. The molecule has 3 N–H and O–H groups in total. The SMILES string of the molecule is CCCCCNc1cc(OCC)nc(N)[n+]1[O-]. The molecule has 0 amide bonds. The molecule has 1 heterocycles. The number of rotatable bonds is 7. The number of nitrogens with two attached hydrogens (primary N) is 1. The van der Waals surface area contributed by atoms with E-state index in [0.717, 1.165) is 25.8 Å². The molecule has 0 radical (unpaired) electrons. The van der Waals surface area contributed by atoms with Gasteiger partial charge in [-0.1, -0.05) is 24.7 Å². The number of nitrogens with one attached hydrogen (secondary N) is 1. The van der Waals surface area contributed by atoms with Crippen molar-refractivity contribution in [3.63, 3.8) is 0 Å². The highest BCUT2D eigenvalue weighted by atomic mass is 16.5. The summed E-state index contributed by atoms with van der Waals surface area (Å²) < 4.78 is 5.80. The molecule has 0 atom stereocenters. The van der Waals surface area contributed by atoms with E-state index in [2.05, 4.69) is 17.2 Å². The first-order valence-corrected chi connectivity index (χ1v) is 5.95. The molecule has 0 aliphatic heterocycles. The minimum Gasteiger partial charge on any atom is -0.754 e. The van der Waals surface area contributed by atoms with Gasteiger partial charge in [-0.25, -0.2) is 4.73 Å². The normalized spacial score (nSPS) is 10.2. The predicted molar refractivity (Wildman–Crippen MR) is 66.8 cm³/mol. The zero-order chi connectivity index (χ0) is 12.7. The Balaban J connectivity index is 2.68. The first kappa shape index (κ1) is 13.3. The molecule has 1 rings (SSSR count). The van der Waals surface area contributed by atoms with Crippen LogP contribution in [0.4, 0.5) is 11.8 Å². The Morgan fingerprint density at radius 1 is 1.47 bits per heavy atom. The van der Waals surface area contributed by atoms with Crippen LogP contribution in [0.2, 0.25) is 0 Å². The highest BCUT2D eigenvalue weighted by Gasteiger charge is 2.10. The zero-order valence-electron chi connectivity index (χ0n) is 10.4. The molecule has 6 heteroatoms. The lowest BCUT2D eigenvalue weighted by molar-refractivity contribution is -0.577. The maximum Gasteiger partial charge on any atom is 0.347 e. The summed E-state index contributed by atoms with van der Waals surface area (Å²) in [5, 5.41) is 14.6. The van der Waals surface area contributed by atoms with E-state index < -0.39 is 0 Å². The van der Waals surface area contributed by atoms with Crippen molar-refractivity contribution in [1.82, 2.24) is 4.98 Å². The third-order valence-corrected chi connectivity index (χ3v) is 2.29. The molecule has 1 aromatic rings. The number of ether oxygens (including phenoxy) is 1. The van der Waals surface area contributed by atoms with Crippen LogP contribution in [0.15, 0.2) is 6.07 Å². The molecule has 0 aliphatic carbocycles. The van der Waals surface area contributed by atoms with Crippen LogP contribution in [0, 0.1) is 5.21 Å². The number of hydrogen-bond donors (Lipinski definition) is 2. The first-order chi connectivity index (χ1) is 8.19. The maximum atomic E-state index is 11.6. The lowest BCUT2D eigenvalue weighted by atomic mass is 10.2. The molecule has 96 valence electrons. The smallest absolute Gasteiger partial charge is 0.347 e. The molecule has 1 aromatic heterocycles. The molecule has 0 fully saturated rings. The highest BCUT2D eigenvalue weighted by molar-refractivity contribution is 5.36. The fourth-order valence-electron chi connectivity index (χ4n) is 1.43. The Morgan fingerprint density at radius 2 is 2.24 bits per heavy atom. The van der Waals surface area contributed by atoms with Crippen LogP contribution in [-0.2, 0) is 0 Å². The topological polar surface area (TPSA) is 87.1 Å². The molecule has 0 saturated heterocycles. The number of nitrogens with zero attached hydrogens (tertiary/aromatic N) is 2. The molecule has 17 heavy (non-hydrogen) atoms. The third-order valence-electron chi connectivity index (χ3n) is 2.29. The molecule has 6 nitrogen and oxygen atoms in total. The van der Waals surface area contributed by atoms with Gasteiger partial charge in [0.15, 0.2) is 0 Å². The molecule has 0 spiro atoms. The van der Waals surface area contributed by atoms with E-state index in [1.807, 2.05) is 6.92 Å². The van der Waals surface area contributed by atoms with Crippen LogP contribution < -0.4 is 20.5 Å². The average Bonchev–Trinajstić information content (AvgIpc) is 2.31. The Kier molecular flexibility index (Phi) is 5.32. The molecule has 0 aliphatic rings. The fraction of sp³-hybridized carbons (Fsp3) is 0.636. The van der Waals surface area contributed by atoms with E-state index in [0.29, 0.717) is 23.0 Å². The van der Waals surface area contributed by atoms with Gasteiger partial charge in [0.1, 0.15) is 0 Å². The number of unbranched alkanes of at least 4 members (excludes halogenated alkanes) is 2. The lowest BCUT2D eigenvalue weighted by Gasteiger charge is -2.14. The van der Waals surface area contributed by atoms with E-state index in [1.54, 1.807) is 6.07 Å². The molecule has 0 unspecified atom stereocenters. The van der Waals surface area contributed by atoms with Crippen LogP contribution in [0.1, 0.15) is 33.1 Å². The van der Waals surface area contributed by atoms with Crippen molar-refractivity contribution in [3.8, 4) is 5.88 Å². The second-order valence-corrected chi connectivity index (χ2v) is 3.70. The summed E-state index contributed by atoms with van der Waals surface area (Å²) in [4.78, 5) is 3.83. The van der Waals surface area contributed by atoms with Gasteiger partial charge in [0, 0.05) is 6.54 Å². The van der Waals surface area contributed by atoms with Gasteiger partial charge < -0.3 is 21.0 Å². The Morgan fingerprint density at radius 3 is 2.88 bits per heavy atom. The number of hydrogen-bond acceptors (Lipinski definition) is 5. The van der Waals surface area contributed by atoms with E-state index in [4.69, 9.17) is 10.5 Å². The number of anilines is 2. The van der Waals surface area contributed by atoms with Gasteiger partial charge in [-0.05, 0) is 13.3 Å². The summed E-state index contributed by atoms with van der Waals surface area (Å²) >= 11 is 0. The quantitative estimate of drug-likeness (QED) is 0.426. The van der Waals surface area contributed by atoms with Crippen molar-refractivity contribution in [2.75, 3.05) is 24.2 Å². The standard InChI is InChI=1S/C11H20N4O2/c1-3-5-6-7-13-9-8-10(17-4-2)14-11(12)15(9)16/h8,13H,3-7H2,1-2H3,(H2,12,14). The van der Waals surface area contributed by atoms with Crippen molar-refractivity contribution in [1.29, 1.82) is 0 Å². The minimum absolute atomic E-state index is 0.103. The van der Waals surface area contributed by atoms with Gasteiger partial charge >= 0.3 is 5.95 Å². The van der Waals surface area contributed by atoms with Crippen molar-refractivity contribution >= 4 is 11.8 Å². The summed E-state index contributed by atoms with van der Waals surface area (Å²) in [6, 6.07) is 1.57. The fourth-order valence-corrected chi connectivity index (χ4v) is 1.43. The van der Waals surface area contributed by atoms with Crippen LogP contribution in [0.5, 0.6) is 5.88 Å². The first-order valence-electron chi connectivity index (χ1n) is 5.95. The summed E-state index contributed by atoms with van der Waals surface area (Å²) in [5.74, 6) is 0.654. The maximum absolute atomic E-state index is 11.6. The largest absolute Gasteiger partial charge is 0.754 e. The second kappa shape index (κ2) is 6.78. The van der Waals surface area contributed by atoms with Crippen molar-refractivity contribution in [3.05, 3.63) is 11.3 Å². The van der Waals surface area contributed by atoms with Crippen LogP contribution in [0.3, 0.4) is 0 Å². The van der Waals surface area contributed by atoms with E-state index in [1.165, 1.54) is 0 Å². The monoisotopic (exact) mass is 240 g/mol. The average molecular weight is 240 g/mol. The predicted octanol–water partition coefficient (Wildman–Crippen LogP) is 1.30. The summed E-state index contributed by atoms with van der Waals surface area (Å²) in [6.07, 6.45) is 3.29. The lowest BCUT2D eigenvalue weighted by Crippen LogP contribution is -2.36. The molecule has 0 saturated carbocycles. The van der Waals surface area contributed by atoms with Crippen LogP contribution in [-0.4, -0.2) is 18.1 Å². The van der Waals surface area contributed by atoms with Crippen LogP contribution >= 0.6 is 0 Å². The van der Waals surface area contributed by atoms with Gasteiger partial charge in [0.2, 0.25) is 5.82 Å².